The third kappa shape index (κ3) is 4.12. The van der Waals surface area contributed by atoms with E-state index < -0.39 is 0 Å². The second kappa shape index (κ2) is 8.90. The Balaban J connectivity index is 1.52. The van der Waals surface area contributed by atoms with Crippen LogP contribution < -0.4 is 0 Å². The number of nitrogens with zero attached hydrogens (tertiary/aromatic N) is 4. The first-order chi connectivity index (χ1) is 15.7. The van der Waals surface area contributed by atoms with E-state index >= 15 is 0 Å². The highest BCUT2D eigenvalue weighted by Crippen LogP contribution is 2.34. The van der Waals surface area contributed by atoms with Gasteiger partial charge in [-0.3, -0.25) is 9.69 Å². The maximum absolute atomic E-state index is 13.1. The fraction of sp³-hybridized carbons (Fsp3) is 0.0400. The molecule has 0 spiro atoms. The molecule has 0 radical (unpaired) electrons. The van der Waals surface area contributed by atoms with Gasteiger partial charge in [0.15, 0.2) is 11.6 Å². The van der Waals surface area contributed by atoms with Crippen molar-refractivity contribution < 1.29 is 4.79 Å². The van der Waals surface area contributed by atoms with E-state index in [0.717, 1.165) is 16.8 Å². The van der Waals surface area contributed by atoms with Crippen molar-refractivity contribution in [3.05, 3.63) is 107 Å². The Labute approximate surface area is 195 Å². The Kier molecular flexibility index (Phi) is 5.66. The molecule has 2 heterocycles. The summed E-state index contributed by atoms with van der Waals surface area (Å²) in [6.45, 7) is 0.448. The minimum atomic E-state index is -0.118. The molecule has 1 fully saturated rings. The van der Waals surface area contributed by atoms with Crippen LogP contribution in [-0.2, 0) is 11.3 Å². The molecule has 7 heteroatoms. The summed E-state index contributed by atoms with van der Waals surface area (Å²) in [5.74, 6) is 1.06. The highest BCUT2D eigenvalue weighted by molar-refractivity contribution is 8.26. The molecular formula is C25H18N4OS2. The monoisotopic (exact) mass is 454 g/mol. The molecule has 5 rings (SSSR count). The van der Waals surface area contributed by atoms with Crippen molar-refractivity contribution in [1.82, 2.24) is 19.7 Å². The SMILES string of the molecule is O=C1C(=Cc2nc(-c3ccccc3)nn2-c2ccccc2)SC(=S)N1Cc1ccccc1. The van der Waals surface area contributed by atoms with Crippen LogP contribution in [0.5, 0.6) is 0 Å². The Morgan fingerprint density at radius 1 is 0.875 bits per heavy atom. The Bertz CT molecular complexity index is 1300. The number of hydrogen-bond acceptors (Lipinski definition) is 5. The van der Waals surface area contributed by atoms with Gasteiger partial charge in [0.25, 0.3) is 5.91 Å². The molecule has 4 aromatic rings. The van der Waals surface area contributed by atoms with Gasteiger partial charge in [0.2, 0.25) is 0 Å². The van der Waals surface area contributed by atoms with Crippen LogP contribution in [0.15, 0.2) is 95.9 Å². The summed E-state index contributed by atoms with van der Waals surface area (Å²) in [5, 5.41) is 4.72. The molecule has 1 aromatic heterocycles. The van der Waals surface area contributed by atoms with Crippen molar-refractivity contribution in [1.29, 1.82) is 0 Å². The van der Waals surface area contributed by atoms with Crippen LogP contribution in [0.4, 0.5) is 0 Å². The zero-order valence-corrected chi connectivity index (χ0v) is 18.6. The number of benzene rings is 3. The minimum absolute atomic E-state index is 0.118. The number of carbonyl (C=O) groups excluding carboxylic acids is 1. The summed E-state index contributed by atoms with van der Waals surface area (Å²) in [5.41, 5.74) is 2.81. The Hall–Kier alpha value is -3.55. The lowest BCUT2D eigenvalue weighted by Crippen LogP contribution is -2.27. The van der Waals surface area contributed by atoms with Crippen molar-refractivity contribution in [2.24, 2.45) is 0 Å². The van der Waals surface area contributed by atoms with Gasteiger partial charge in [-0.2, -0.15) is 0 Å². The second-order valence-electron chi connectivity index (χ2n) is 7.16. The van der Waals surface area contributed by atoms with Crippen molar-refractivity contribution in [3.8, 4) is 17.1 Å². The van der Waals surface area contributed by atoms with Crippen molar-refractivity contribution in [2.45, 2.75) is 6.54 Å². The molecule has 5 nitrogen and oxygen atoms in total. The molecule has 0 unspecified atom stereocenters. The summed E-state index contributed by atoms with van der Waals surface area (Å²) >= 11 is 6.80. The lowest BCUT2D eigenvalue weighted by Gasteiger charge is -2.14. The van der Waals surface area contributed by atoms with Gasteiger partial charge in [-0.15, -0.1) is 5.10 Å². The standard InChI is InChI=1S/C25H18N4OS2/c30-24-21(32-25(31)28(24)17-18-10-4-1-5-11-18)16-22-26-23(19-12-6-2-7-13-19)27-29(22)20-14-8-3-9-15-20/h1-16H,17H2. The zero-order chi connectivity index (χ0) is 21.9. The quantitative estimate of drug-likeness (QED) is 0.301. The molecule has 1 aliphatic rings. The summed E-state index contributed by atoms with van der Waals surface area (Å²) in [6.07, 6.45) is 1.77. The number of hydrogen-bond donors (Lipinski definition) is 0. The van der Waals surface area contributed by atoms with E-state index in [9.17, 15) is 4.79 Å². The highest BCUT2D eigenvalue weighted by Gasteiger charge is 2.32. The lowest BCUT2D eigenvalue weighted by atomic mass is 10.2. The molecular weight excluding hydrogens is 436 g/mol. The van der Waals surface area contributed by atoms with Crippen LogP contribution >= 0.6 is 24.0 Å². The van der Waals surface area contributed by atoms with Gasteiger partial charge in [0, 0.05) is 11.6 Å². The van der Waals surface area contributed by atoms with Gasteiger partial charge in [-0.05, 0) is 17.7 Å². The van der Waals surface area contributed by atoms with E-state index in [1.165, 1.54) is 11.8 Å². The molecule has 156 valence electrons. The first-order valence-corrected chi connectivity index (χ1v) is 11.3. The zero-order valence-electron chi connectivity index (χ0n) is 17.0. The predicted octanol–water partition coefficient (Wildman–Crippen LogP) is 5.34. The molecule has 1 saturated heterocycles. The predicted molar refractivity (Wildman–Crippen MR) is 132 cm³/mol. The van der Waals surface area contributed by atoms with Gasteiger partial charge in [-0.25, -0.2) is 9.67 Å². The topological polar surface area (TPSA) is 51.0 Å². The molecule has 32 heavy (non-hydrogen) atoms. The number of carbonyl (C=O) groups is 1. The first-order valence-electron chi connectivity index (χ1n) is 10.1. The largest absolute Gasteiger partial charge is 0.288 e. The van der Waals surface area contributed by atoms with E-state index in [-0.39, 0.29) is 5.91 Å². The average molecular weight is 455 g/mol. The third-order valence-corrected chi connectivity index (χ3v) is 6.36. The first kappa shape index (κ1) is 20.4. The Morgan fingerprint density at radius 2 is 1.50 bits per heavy atom. The lowest BCUT2D eigenvalue weighted by molar-refractivity contribution is -0.122. The summed E-state index contributed by atoms with van der Waals surface area (Å²) in [4.78, 5) is 20.0. The van der Waals surface area contributed by atoms with Gasteiger partial charge in [0.05, 0.1) is 17.1 Å². The van der Waals surface area contributed by atoms with E-state index in [1.54, 1.807) is 15.7 Å². The fourth-order valence-corrected chi connectivity index (χ4v) is 4.63. The summed E-state index contributed by atoms with van der Waals surface area (Å²) in [6, 6.07) is 29.4. The van der Waals surface area contributed by atoms with E-state index in [2.05, 4.69) is 0 Å². The fourth-order valence-electron chi connectivity index (χ4n) is 3.41. The van der Waals surface area contributed by atoms with E-state index in [0.29, 0.717) is 27.4 Å². The number of thioether (sulfide) groups is 1. The minimum Gasteiger partial charge on any atom is -0.288 e. The van der Waals surface area contributed by atoms with Crippen LogP contribution in [0.3, 0.4) is 0 Å². The van der Waals surface area contributed by atoms with Crippen molar-refractivity contribution in [3.63, 3.8) is 0 Å². The van der Waals surface area contributed by atoms with Crippen LogP contribution in [0, 0.1) is 0 Å². The maximum Gasteiger partial charge on any atom is 0.266 e. The molecule has 0 atom stereocenters. The normalized spacial score (nSPS) is 15.0. The van der Waals surface area contributed by atoms with Crippen LogP contribution in [0.25, 0.3) is 23.2 Å². The number of amides is 1. The van der Waals surface area contributed by atoms with Gasteiger partial charge >= 0.3 is 0 Å². The molecule has 0 aliphatic carbocycles. The summed E-state index contributed by atoms with van der Waals surface area (Å²) in [7, 11) is 0. The number of para-hydroxylation sites is 1. The summed E-state index contributed by atoms with van der Waals surface area (Å²) < 4.78 is 2.30. The van der Waals surface area contributed by atoms with Gasteiger partial charge < -0.3 is 0 Å². The van der Waals surface area contributed by atoms with Crippen LogP contribution in [0.2, 0.25) is 0 Å². The highest BCUT2D eigenvalue weighted by atomic mass is 32.2. The second-order valence-corrected chi connectivity index (χ2v) is 8.84. The van der Waals surface area contributed by atoms with Crippen LogP contribution in [-0.4, -0.2) is 29.9 Å². The van der Waals surface area contributed by atoms with E-state index in [4.69, 9.17) is 22.3 Å². The molecule has 3 aromatic carbocycles. The van der Waals surface area contributed by atoms with Crippen LogP contribution in [0.1, 0.15) is 11.4 Å². The number of rotatable bonds is 5. The molecule has 1 aliphatic heterocycles. The molecule has 0 bridgehead atoms. The smallest absolute Gasteiger partial charge is 0.266 e. The van der Waals surface area contributed by atoms with Crippen molar-refractivity contribution in [2.75, 3.05) is 0 Å². The molecule has 0 saturated carbocycles. The molecule has 1 amide bonds. The van der Waals surface area contributed by atoms with E-state index in [1.807, 2.05) is 91.0 Å². The third-order valence-electron chi connectivity index (χ3n) is 4.98. The van der Waals surface area contributed by atoms with Gasteiger partial charge in [0.1, 0.15) is 4.32 Å². The Morgan fingerprint density at radius 3 is 2.19 bits per heavy atom. The number of thiocarbonyl (C=S) groups is 1. The van der Waals surface area contributed by atoms with Crippen molar-refractivity contribution >= 4 is 40.3 Å². The average Bonchev–Trinajstić information content (AvgIpc) is 3.38. The molecule has 0 N–H and O–H groups in total. The van der Waals surface area contributed by atoms with Gasteiger partial charge in [-0.1, -0.05) is 103 Å². The number of aromatic nitrogens is 3. The maximum atomic E-state index is 13.1.